The predicted octanol–water partition coefficient (Wildman–Crippen LogP) is 2.16. The fraction of sp³-hybridized carbons (Fsp3) is 0.484. The van der Waals surface area contributed by atoms with E-state index in [2.05, 4.69) is 20.4 Å². The highest BCUT2D eigenvalue weighted by Gasteiger charge is 2.40. The zero-order valence-corrected chi connectivity index (χ0v) is 23.7. The van der Waals surface area contributed by atoms with Crippen LogP contribution < -0.4 is 20.3 Å². The highest BCUT2D eigenvalue weighted by molar-refractivity contribution is 6.05. The van der Waals surface area contributed by atoms with Gasteiger partial charge in [-0.1, -0.05) is 12.5 Å². The van der Waals surface area contributed by atoms with Crippen molar-refractivity contribution in [3.63, 3.8) is 0 Å². The Bertz CT molecular complexity index is 1340. The minimum Gasteiger partial charge on any atom is -0.492 e. The molecule has 0 aromatic heterocycles. The lowest BCUT2D eigenvalue weighted by atomic mass is 10.0. The quantitative estimate of drug-likeness (QED) is 0.460. The van der Waals surface area contributed by atoms with Crippen LogP contribution in [0.3, 0.4) is 0 Å². The fourth-order valence-corrected chi connectivity index (χ4v) is 6.32. The Kier molecular flexibility index (Phi) is 8.38. The van der Waals surface area contributed by atoms with Gasteiger partial charge in [0, 0.05) is 48.6 Å². The van der Waals surface area contributed by atoms with Crippen molar-refractivity contribution >= 4 is 35.0 Å². The third-order valence-electron chi connectivity index (χ3n) is 8.60. The van der Waals surface area contributed by atoms with Crippen LogP contribution in [-0.4, -0.2) is 91.5 Å². The summed E-state index contributed by atoms with van der Waals surface area (Å²) in [6, 6.07) is 12.4. The van der Waals surface area contributed by atoms with E-state index < -0.39 is 11.9 Å². The minimum atomic E-state index is -0.668. The van der Waals surface area contributed by atoms with Gasteiger partial charge < -0.3 is 24.6 Å². The van der Waals surface area contributed by atoms with Gasteiger partial charge in [-0.25, -0.2) is 0 Å². The lowest BCUT2D eigenvalue weighted by Gasteiger charge is -2.34. The third-order valence-corrected chi connectivity index (χ3v) is 8.60. The number of benzene rings is 2. The molecule has 11 heteroatoms. The number of ether oxygens (including phenoxy) is 2. The summed E-state index contributed by atoms with van der Waals surface area (Å²) in [6.45, 7) is 5.19. The number of hydrogen-bond acceptors (Lipinski definition) is 8. The van der Waals surface area contributed by atoms with Gasteiger partial charge in [-0.05, 0) is 62.2 Å². The van der Waals surface area contributed by atoms with Crippen LogP contribution in [0.1, 0.15) is 48.0 Å². The van der Waals surface area contributed by atoms with E-state index in [1.165, 1.54) is 4.90 Å². The summed E-state index contributed by atoms with van der Waals surface area (Å²) in [5.41, 5.74) is 3.18. The van der Waals surface area contributed by atoms with Crippen molar-refractivity contribution in [2.24, 2.45) is 0 Å². The summed E-state index contributed by atoms with van der Waals surface area (Å²) in [5.74, 6) is -0.377. The highest BCUT2D eigenvalue weighted by Crippen LogP contribution is 2.33. The number of nitrogens with one attached hydrogen (secondary N) is 2. The number of hydrogen-bond donors (Lipinski definition) is 2. The number of carbonyl (C=O) groups excluding carboxylic acids is 4. The number of fused-ring (bicyclic) bond motifs is 1. The highest BCUT2D eigenvalue weighted by atomic mass is 16.5. The topological polar surface area (TPSA) is 121 Å². The Hall–Kier alpha value is -3.96. The SMILES string of the molecule is O=C1CCC(N2Cc3c(OCCN4CCCCC4C(=O)Nc4ccc(N5CCOCC5)cc4)cccc3C2=O)C(=O)N1. The number of carbonyl (C=O) groups is 4. The number of rotatable bonds is 8. The van der Waals surface area contributed by atoms with Crippen LogP contribution in [0, 0.1) is 0 Å². The number of morpholine rings is 1. The summed E-state index contributed by atoms with van der Waals surface area (Å²) in [6.07, 6.45) is 3.33. The molecule has 2 N–H and O–H groups in total. The van der Waals surface area contributed by atoms with Crippen molar-refractivity contribution < 1.29 is 28.7 Å². The summed E-state index contributed by atoms with van der Waals surface area (Å²) in [5, 5.41) is 5.44. The Morgan fingerprint density at radius 1 is 1.00 bits per heavy atom. The molecule has 0 aliphatic carbocycles. The van der Waals surface area contributed by atoms with Crippen LogP contribution in [0.5, 0.6) is 5.75 Å². The molecule has 4 aliphatic heterocycles. The molecule has 2 aromatic rings. The second-order valence-corrected chi connectivity index (χ2v) is 11.2. The van der Waals surface area contributed by atoms with E-state index in [0.717, 1.165) is 69.0 Å². The Morgan fingerprint density at radius 2 is 1.81 bits per heavy atom. The molecule has 2 unspecified atom stereocenters. The van der Waals surface area contributed by atoms with Gasteiger partial charge in [0.1, 0.15) is 18.4 Å². The molecule has 2 aromatic carbocycles. The lowest BCUT2D eigenvalue weighted by molar-refractivity contribution is -0.137. The molecule has 4 aliphatic rings. The summed E-state index contributed by atoms with van der Waals surface area (Å²) >= 11 is 0. The second kappa shape index (κ2) is 12.5. The normalized spacial score (nSPS) is 23.0. The molecule has 3 saturated heterocycles. The van der Waals surface area contributed by atoms with Crippen molar-refractivity contribution in [1.29, 1.82) is 0 Å². The lowest BCUT2D eigenvalue weighted by Crippen LogP contribution is -2.52. The molecule has 3 fully saturated rings. The van der Waals surface area contributed by atoms with Gasteiger partial charge in [-0.15, -0.1) is 0 Å². The van der Waals surface area contributed by atoms with Crippen LogP contribution in [-0.2, 0) is 25.7 Å². The first kappa shape index (κ1) is 28.2. The predicted molar refractivity (Wildman–Crippen MR) is 155 cm³/mol. The Labute approximate surface area is 245 Å². The summed E-state index contributed by atoms with van der Waals surface area (Å²) in [4.78, 5) is 56.4. The van der Waals surface area contributed by atoms with Crippen molar-refractivity contribution in [2.45, 2.75) is 50.7 Å². The minimum absolute atomic E-state index is 0.0140. The maximum atomic E-state index is 13.3. The van der Waals surface area contributed by atoms with E-state index in [9.17, 15) is 19.2 Å². The number of anilines is 2. The van der Waals surface area contributed by atoms with Gasteiger partial charge in [0.05, 0.1) is 25.8 Å². The monoisotopic (exact) mass is 575 g/mol. The molecule has 4 amide bonds. The number of nitrogens with zero attached hydrogens (tertiary/aromatic N) is 3. The number of piperidine rings is 2. The smallest absolute Gasteiger partial charge is 0.255 e. The summed E-state index contributed by atoms with van der Waals surface area (Å²) in [7, 11) is 0. The van der Waals surface area contributed by atoms with Gasteiger partial charge >= 0.3 is 0 Å². The average molecular weight is 576 g/mol. The Morgan fingerprint density at radius 3 is 2.60 bits per heavy atom. The zero-order valence-electron chi connectivity index (χ0n) is 23.7. The molecule has 2 atom stereocenters. The zero-order chi connectivity index (χ0) is 29.1. The molecule has 6 rings (SSSR count). The Balaban J connectivity index is 1.05. The molecule has 222 valence electrons. The van der Waals surface area contributed by atoms with Crippen molar-refractivity contribution in [2.75, 3.05) is 56.2 Å². The van der Waals surface area contributed by atoms with Crippen LogP contribution in [0.15, 0.2) is 42.5 Å². The first-order chi connectivity index (χ1) is 20.5. The molecular weight excluding hydrogens is 538 g/mol. The molecule has 0 spiro atoms. The van der Waals surface area contributed by atoms with Crippen LogP contribution >= 0.6 is 0 Å². The van der Waals surface area contributed by atoms with Gasteiger partial charge in [-0.2, -0.15) is 0 Å². The molecule has 0 radical (unpaired) electrons. The van der Waals surface area contributed by atoms with Crippen molar-refractivity contribution in [3.8, 4) is 5.75 Å². The molecular formula is C31H37N5O6. The van der Waals surface area contributed by atoms with E-state index in [1.807, 2.05) is 30.3 Å². The summed E-state index contributed by atoms with van der Waals surface area (Å²) < 4.78 is 11.6. The second-order valence-electron chi connectivity index (χ2n) is 11.2. The number of imide groups is 1. The largest absolute Gasteiger partial charge is 0.492 e. The van der Waals surface area contributed by atoms with Crippen molar-refractivity contribution in [3.05, 3.63) is 53.6 Å². The number of amides is 4. The molecule has 11 nitrogen and oxygen atoms in total. The third kappa shape index (κ3) is 5.98. The maximum absolute atomic E-state index is 13.3. The van der Waals surface area contributed by atoms with Crippen LogP contribution in [0.25, 0.3) is 0 Å². The average Bonchev–Trinajstić information content (AvgIpc) is 3.35. The molecule has 0 saturated carbocycles. The van der Waals surface area contributed by atoms with Crippen molar-refractivity contribution in [1.82, 2.24) is 15.1 Å². The molecule has 4 heterocycles. The first-order valence-corrected chi connectivity index (χ1v) is 14.8. The molecule has 42 heavy (non-hydrogen) atoms. The van der Waals surface area contributed by atoms with Gasteiger partial charge in [-0.3, -0.25) is 29.4 Å². The van der Waals surface area contributed by atoms with E-state index >= 15 is 0 Å². The maximum Gasteiger partial charge on any atom is 0.255 e. The number of likely N-dealkylation sites (tertiary alicyclic amines) is 1. The molecule has 0 bridgehead atoms. The van der Waals surface area contributed by atoms with E-state index in [1.54, 1.807) is 12.1 Å². The standard InChI is InChI=1S/C31H37N5O6/c37-28-12-11-26(30(39)33-28)36-20-24-23(31(36)40)4-3-6-27(24)42-19-16-35-13-2-1-5-25(35)29(38)32-21-7-9-22(10-8-21)34-14-17-41-18-15-34/h3-4,6-10,25-26H,1-2,5,11-20H2,(H,32,38)(H,33,37,39). The van der Waals surface area contributed by atoms with Gasteiger partial charge in [0.2, 0.25) is 17.7 Å². The van der Waals surface area contributed by atoms with Crippen LogP contribution in [0.2, 0.25) is 0 Å². The first-order valence-electron chi connectivity index (χ1n) is 14.8. The fourth-order valence-electron chi connectivity index (χ4n) is 6.32. The van der Waals surface area contributed by atoms with E-state index in [-0.39, 0.29) is 36.7 Å². The van der Waals surface area contributed by atoms with E-state index in [4.69, 9.17) is 9.47 Å². The van der Waals surface area contributed by atoms with Crippen LogP contribution in [0.4, 0.5) is 11.4 Å². The van der Waals surface area contributed by atoms with E-state index in [0.29, 0.717) is 30.9 Å². The van der Waals surface area contributed by atoms with Gasteiger partial charge in [0.15, 0.2) is 0 Å². The van der Waals surface area contributed by atoms with Gasteiger partial charge in [0.25, 0.3) is 5.91 Å².